The number of nitro groups is 3. The molecule has 0 aliphatic carbocycles. The Morgan fingerprint density at radius 2 is 1.14 bits per heavy atom. The van der Waals surface area contributed by atoms with Crippen LogP contribution >= 0.6 is 0 Å². The predicted octanol–water partition coefficient (Wildman–Crippen LogP) is 4.15. The van der Waals surface area contributed by atoms with Crippen molar-refractivity contribution in [3.63, 3.8) is 0 Å². The summed E-state index contributed by atoms with van der Waals surface area (Å²) in [6, 6.07) is 0. The van der Waals surface area contributed by atoms with Gasteiger partial charge in [0, 0.05) is 6.42 Å². The average molecular weight is 396 g/mol. The van der Waals surface area contributed by atoms with Gasteiger partial charge in [-0.15, -0.1) is 0 Å². The summed E-state index contributed by atoms with van der Waals surface area (Å²) in [5.74, 6) is -3.43. The predicted molar refractivity (Wildman–Crippen MR) is 103 cm³/mol. The van der Waals surface area contributed by atoms with Crippen molar-refractivity contribution in [2.75, 3.05) is 0 Å². The summed E-state index contributed by atoms with van der Waals surface area (Å²) in [6.45, 7) is 0. The van der Waals surface area contributed by atoms with Crippen LogP contribution in [0.15, 0.2) is 36.5 Å². The molecule has 0 bridgehead atoms. The maximum absolute atomic E-state index is 10.7. The van der Waals surface area contributed by atoms with Crippen molar-refractivity contribution < 1.29 is 19.6 Å². The van der Waals surface area contributed by atoms with Gasteiger partial charge in [0.25, 0.3) is 0 Å². The lowest BCUT2D eigenvalue weighted by molar-refractivity contribution is -0.968. The van der Waals surface area contributed by atoms with Gasteiger partial charge in [-0.3, -0.25) is 35.1 Å². The van der Waals surface area contributed by atoms with Crippen LogP contribution in [0.3, 0.4) is 0 Å². The lowest BCUT2D eigenvalue weighted by Gasteiger charge is -2.06. The van der Waals surface area contributed by atoms with Gasteiger partial charge < -0.3 is 0 Å². The summed E-state index contributed by atoms with van der Waals surface area (Å²) < 4.78 is 0. The summed E-state index contributed by atoms with van der Waals surface area (Å²) in [5.41, 5.74) is 0. The molecule has 155 valence electrons. The number of unbranched alkanes of at least 4 members (excludes halogenated alkanes) is 6. The summed E-state index contributed by atoms with van der Waals surface area (Å²) in [5, 5.41) is 32.2. The molecule has 0 atom stereocenters. The van der Waals surface area contributed by atoms with E-state index >= 15 is 0 Å². The monoisotopic (exact) mass is 396 g/mol. The summed E-state index contributed by atoms with van der Waals surface area (Å²) in [7, 11) is 0. The van der Waals surface area contributed by atoms with Gasteiger partial charge in [-0.05, 0) is 32.1 Å². The number of nitrogens with zero attached hydrogens (tertiary/aromatic N) is 3. The van der Waals surface area contributed by atoms with E-state index in [4.69, 9.17) is 0 Å². The van der Waals surface area contributed by atoms with E-state index in [1.165, 1.54) is 6.08 Å². The van der Waals surface area contributed by atoms with Crippen molar-refractivity contribution in [3.8, 4) is 0 Å². The normalized spacial score (nSPS) is 12.1. The molecule has 0 amide bonds. The molecule has 0 rings (SSSR count). The molecule has 0 spiro atoms. The van der Waals surface area contributed by atoms with Gasteiger partial charge in [-0.25, -0.2) is 0 Å². The van der Waals surface area contributed by atoms with Crippen molar-refractivity contribution in [3.05, 3.63) is 66.8 Å². The third-order valence-electron chi connectivity index (χ3n) is 3.96. The second-order valence-corrected chi connectivity index (χ2v) is 6.09. The number of hydrogen-bond donors (Lipinski definition) is 0. The zero-order chi connectivity index (χ0) is 21.3. The Balaban J connectivity index is 4.00. The van der Waals surface area contributed by atoms with Crippen LogP contribution in [0, 0.1) is 30.3 Å². The molecule has 0 saturated carbocycles. The highest BCUT2D eigenvalue weighted by atomic mass is 16.7. The third kappa shape index (κ3) is 9.70. The molecular formula is C18H26N3O7. The van der Waals surface area contributed by atoms with E-state index in [9.17, 15) is 35.1 Å². The molecule has 28 heavy (non-hydrogen) atoms. The molecule has 0 aliphatic heterocycles. The lowest BCUT2D eigenvalue weighted by Crippen LogP contribution is -2.52. The SMILES string of the molecule is O=[C]CCCCCCCC=CCC=CCC=CCC([N+](=O)[O-])([N+](=O)[O-])[N+](=O)[O-]. The first kappa shape index (κ1) is 25.1. The number of rotatable bonds is 17. The second kappa shape index (κ2) is 15.2. The van der Waals surface area contributed by atoms with Crippen molar-refractivity contribution in [1.29, 1.82) is 0 Å². The molecular weight excluding hydrogens is 370 g/mol. The first-order valence-electron chi connectivity index (χ1n) is 9.13. The molecule has 0 aromatic heterocycles. The fraction of sp³-hybridized carbons (Fsp3) is 0.611. The van der Waals surface area contributed by atoms with Crippen LogP contribution in [-0.4, -0.2) is 26.8 Å². The Morgan fingerprint density at radius 3 is 1.68 bits per heavy atom. The first-order valence-corrected chi connectivity index (χ1v) is 9.13. The first-order chi connectivity index (χ1) is 13.4. The van der Waals surface area contributed by atoms with Crippen LogP contribution in [0.4, 0.5) is 0 Å². The van der Waals surface area contributed by atoms with E-state index in [0.29, 0.717) is 19.3 Å². The van der Waals surface area contributed by atoms with Crippen LogP contribution in [0.1, 0.15) is 64.2 Å². The number of allylic oxidation sites excluding steroid dienone is 5. The molecule has 0 N–H and O–H groups in total. The van der Waals surface area contributed by atoms with E-state index in [0.717, 1.165) is 44.6 Å². The molecule has 0 saturated heterocycles. The van der Waals surface area contributed by atoms with Crippen LogP contribution in [0.2, 0.25) is 0 Å². The fourth-order valence-corrected chi connectivity index (χ4v) is 2.31. The Labute approximate surface area is 163 Å². The van der Waals surface area contributed by atoms with Crippen molar-refractivity contribution in [1.82, 2.24) is 0 Å². The molecule has 0 aromatic rings. The minimum absolute atomic E-state index is 0.370. The molecule has 0 fully saturated rings. The van der Waals surface area contributed by atoms with Crippen LogP contribution in [0.25, 0.3) is 0 Å². The van der Waals surface area contributed by atoms with Crippen molar-refractivity contribution in [2.45, 2.75) is 70.0 Å². The van der Waals surface area contributed by atoms with Crippen LogP contribution in [0.5, 0.6) is 0 Å². The molecule has 1 radical (unpaired) electrons. The highest BCUT2D eigenvalue weighted by Gasteiger charge is 2.69. The topological polar surface area (TPSA) is 146 Å². The zero-order valence-corrected chi connectivity index (χ0v) is 15.7. The van der Waals surface area contributed by atoms with E-state index in [1.807, 2.05) is 18.4 Å². The Kier molecular flexibility index (Phi) is 13.6. The summed E-state index contributed by atoms with van der Waals surface area (Å²) in [4.78, 5) is 37.8. The zero-order valence-electron chi connectivity index (χ0n) is 15.7. The quantitative estimate of drug-likeness (QED) is 0.118. The third-order valence-corrected chi connectivity index (χ3v) is 3.96. The standard InChI is InChI=1S/C18H26N3O7/c22-17-15-13-11-9-7-5-3-1-2-4-6-8-10-12-14-16-18(19(23)24,20(25)26)21(27)28/h1-2,6,8,12,14H,3-5,7,9-11,13,15-16H2. The maximum atomic E-state index is 10.7. The Bertz CT molecular complexity index is 564. The summed E-state index contributed by atoms with van der Waals surface area (Å²) in [6.07, 6.45) is 19.1. The minimum Gasteiger partial charge on any atom is -0.291 e. The van der Waals surface area contributed by atoms with Gasteiger partial charge in [-0.2, -0.15) is 0 Å². The van der Waals surface area contributed by atoms with Gasteiger partial charge in [0.05, 0.1) is 0 Å². The molecule has 0 aromatic carbocycles. The van der Waals surface area contributed by atoms with Crippen molar-refractivity contribution >= 4 is 6.29 Å². The van der Waals surface area contributed by atoms with Gasteiger partial charge in [-0.1, -0.05) is 55.7 Å². The highest BCUT2D eigenvalue weighted by molar-refractivity contribution is 5.50. The fourth-order valence-electron chi connectivity index (χ4n) is 2.31. The van der Waals surface area contributed by atoms with Crippen molar-refractivity contribution in [2.24, 2.45) is 0 Å². The number of hydrogen-bond acceptors (Lipinski definition) is 7. The average Bonchev–Trinajstić information content (AvgIpc) is 2.63. The van der Waals surface area contributed by atoms with Gasteiger partial charge >= 0.3 is 5.79 Å². The smallest absolute Gasteiger partial charge is 0.291 e. The highest BCUT2D eigenvalue weighted by Crippen LogP contribution is 2.18. The molecule has 10 heteroatoms. The van der Waals surface area contributed by atoms with E-state index in [2.05, 4.69) is 6.08 Å². The molecule has 0 heterocycles. The van der Waals surface area contributed by atoms with Gasteiger partial charge in [0.2, 0.25) is 0 Å². The second-order valence-electron chi connectivity index (χ2n) is 6.09. The Hall–Kier alpha value is -2.91. The van der Waals surface area contributed by atoms with E-state index < -0.39 is 27.0 Å². The van der Waals surface area contributed by atoms with E-state index in [1.54, 1.807) is 6.08 Å². The maximum Gasteiger partial charge on any atom is 0.703 e. The molecule has 10 nitrogen and oxygen atoms in total. The molecule has 0 aliphatic rings. The van der Waals surface area contributed by atoms with Crippen LogP contribution < -0.4 is 0 Å². The van der Waals surface area contributed by atoms with Gasteiger partial charge in [0.1, 0.15) is 0 Å². The lowest BCUT2D eigenvalue weighted by atomic mass is 10.1. The summed E-state index contributed by atoms with van der Waals surface area (Å²) >= 11 is 0. The van der Waals surface area contributed by atoms with E-state index in [-0.39, 0.29) is 0 Å². The van der Waals surface area contributed by atoms with Gasteiger partial charge in [0.15, 0.2) is 27.5 Å². The largest absolute Gasteiger partial charge is 0.703 e. The minimum atomic E-state index is -3.43. The van der Waals surface area contributed by atoms with Crippen LogP contribution in [-0.2, 0) is 4.79 Å². The Morgan fingerprint density at radius 1 is 0.679 bits per heavy atom. The number of carbonyl (C=O) groups excluding carboxylic acids is 1. The molecule has 0 unspecified atom stereocenters.